The Labute approximate surface area is 106 Å². The molecule has 4 nitrogen and oxygen atoms in total. The summed E-state index contributed by atoms with van der Waals surface area (Å²) in [6, 6.07) is 7.08. The van der Waals surface area contributed by atoms with Crippen LogP contribution in [-0.2, 0) is 4.79 Å². The van der Waals surface area contributed by atoms with E-state index in [1.165, 1.54) is 0 Å². The van der Waals surface area contributed by atoms with E-state index in [-0.39, 0.29) is 12.5 Å². The summed E-state index contributed by atoms with van der Waals surface area (Å²) in [6.45, 7) is 2.59. The van der Waals surface area contributed by atoms with E-state index in [9.17, 15) is 4.79 Å². The summed E-state index contributed by atoms with van der Waals surface area (Å²) in [4.78, 5) is 13.4. The minimum Gasteiger partial charge on any atom is -0.484 e. The Balaban J connectivity index is 2.60. The monoisotopic (exact) mass is 252 g/mol. The average Bonchev–Trinajstić information content (AvgIpc) is 2.35. The molecule has 92 valence electrons. The lowest BCUT2D eigenvalue weighted by Gasteiger charge is -2.15. The van der Waals surface area contributed by atoms with E-state index >= 15 is 0 Å². The molecular formula is C12H16N2O2S. The van der Waals surface area contributed by atoms with Crippen LogP contribution in [0.15, 0.2) is 24.3 Å². The number of likely N-dealkylation sites (N-methyl/N-ethyl adjacent to an activating group) is 1. The first-order valence-corrected chi connectivity index (χ1v) is 5.72. The maximum Gasteiger partial charge on any atom is 0.260 e. The first-order valence-electron chi connectivity index (χ1n) is 5.31. The van der Waals surface area contributed by atoms with Crippen molar-refractivity contribution in [1.29, 1.82) is 0 Å². The van der Waals surface area contributed by atoms with Crippen molar-refractivity contribution in [3.63, 3.8) is 0 Å². The van der Waals surface area contributed by atoms with Gasteiger partial charge in [0.15, 0.2) is 6.61 Å². The fourth-order valence-electron chi connectivity index (χ4n) is 1.17. The number of nitrogens with zero attached hydrogens (tertiary/aromatic N) is 1. The van der Waals surface area contributed by atoms with Crippen LogP contribution in [0.25, 0.3) is 0 Å². The number of thiocarbonyl (C=S) groups is 1. The molecule has 0 aliphatic heterocycles. The third-order valence-electron chi connectivity index (χ3n) is 2.38. The Kier molecular flexibility index (Phi) is 4.90. The van der Waals surface area contributed by atoms with Gasteiger partial charge in [-0.1, -0.05) is 24.4 Å². The molecule has 0 bridgehead atoms. The molecule has 0 unspecified atom stereocenters. The van der Waals surface area contributed by atoms with Crippen LogP contribution < -0.4 is 10.5 Å². The van der Waals surface area contributed by atoms with Crippen molar-refractivity contribution in [3.8, 4) is 5.75 Å². The summed E-state index contributed by atoms with van der Waals surface area (Å²) in [7, 11) is 1.73. The molecule has 1 aromatic rings. The van der Waals surface area contributed by atoms with E-state index < -0.39 is 0 Å². The largest absolute Gasteiger partial charge is 0.484 e. The summed E-state index contributed by atoms with van der Waals surface area (Å²) in [6.07, 6.45) is 0. The molecule has 0 saturated carbocycles. The van der Waals surface area contributed by atoms with Crippen LogP contribution in [-0.4, -0.2) is 36.0 Å². The third kappa shape index (κ3) is 4.03. The number of hydrogen-bond acceptors (Lipinski definition) is 3. The van der Waals surface area contributed by atoms with Gasteiger partial charge in [0, 0.05) is 19.2 Å². The predicted molar refractivity (Wildman–Crippen MR) is 71.1 cm³/mol. The van der Waals surface area contributed by atoms with E-state index in [1.807, 2.05) is 6.92 Å². The zero-order valence-electron chi connectivity index (χ0n) is 9.97. The molecule has 2 N–H and O–H groups in total. The van der Waals surface area contributed by atoms with Gasteiger partial charge in [-0.2, -0.15) is 0 Å². The van der Waals surface area contributed by atoms with Gasteiger partial charge in [0.25, 0.3) is 5.91 Å². The van der Waals surface area contributed by atoms with Crippen molar-refractivity contribution in [1.82, 2.24) is 4.90 Å². The average molecular weight is 252 g/mol. The molecular weight excluding hydrogens is 236 g/mol. The summed E-state index contributed by atoms with van der Waals surface area (Å²) in [5, 5.41) is 0. The number of ether oxygens (including phenoxy) is 1. The van der Waals surface area contributed by atoms with Crippen LogP contribution in [0, 0.1) is 0 Å². The molecule has 0 heterocycles. The highest BCUT2D eigenvalue weighted by molar-refractivity contribution is 7.80. The summed E-state index contributed by atoms with van der Waals surface area (Å²) in [5.74, 6) is 0.529. The van der Waals surface area contributed by atoms with Crippen LogP contribution in [0.2, 0.25) is 0 Å². The minimum absolute atomic E-state index is 0.0190. The molecule has 0 aliphatic carbocycles. The van der Waals surface area contributed by atoms with Gasteiger partial charge in [-0.25, -0.2) is 0 Å². The fraction of sp³-hybridized carbons (Fsp3) is 0.333. The standard InChI is InChI=1S/C12H16N2O2S/c1-3-14(2)11(15)8-16-10-6-4-5-9(7-10)12(13)17/h4-7H,3,8H2,1-2H3,(H2,13,17). The smallest absolute Gasteiger partial charge is 0.260 e. The van der Waals surface area contributed by atoms with Crippen molar-refractivity contribution >= 4 is 23.1 Å². The zero-order valence-corrected chi connectivity index (χ0v) is 10.8. The number of carbonyl (C=O) groups excluding carboxylic acids is 1. The topological polar surface area (TPSA) is 55.6 Å². The van der Waals surface area contributed by atoms with Crippen molar-refractivity contribution in [2.75, 3.05) is 20.2 Å². The lowest BCUT2D eigenvalue weighted by molar-refractivity contribution is -0.131. The Bertz CT molecular complexity index is 421. The SMILES string of the molecule is CCN(C)C(=O)COc1cccc(C(N)=S)c1. The second kappa shape index (κ2) is 6.20. The van der Waals surface area contributed by atoms with Gasteiger partial charge < -0.3 is 15.4 Å². The molecule has 17 heavy (non-hydrogen) atoms. The quantitative estimate of drug-likeness (QED) is 0.799. The van der Waals surface area contributed by atoms with E-state index in [1.54, 1.807) is 36.2 Å². The summed E-state index contributed by atoms with van der Waals surface area (Å²) < 4.78 is 5.38. The number of nitrogens with two attached hydrogens (primary N) is 1. The molecule has 0 radical (unpaired) electrons. The maximum absolute atomic E-state index is 11.5. The zero-order chi connectivity index (χ0) is 12.8. The van der Waals surface area contributed by atoms with E-state index in [4.69, 9.17) is 22.7 Å². The van der Waals surface area contributed by atoms with Gasteiger partial charge in [0.2, 0.25) is 0 Å². The normalized spacial score (nSPS) is 9.76. The second-order valence-electron chi connectivity index (χ2n) is 3.59. The molecule has 0 fully saturated rings. The van der Waals surface area contributed by atoms with Gasteiger partial charge in [-0.15, -0.1) is 0 Å². The molecule has 1 amide bonds. The van der Waals surface area contributed by atoms with E-state index in [0.29, 0.717) is 17.3 Å². The van der Waals surface area contributed by atoms with Gasteiger partial charge >= 0.3 is 0 Å². The molecule has 0 atom stereocenters. The van der Waals surface area contributed by atoms with Crippen molar-refractivity contribution in [2.24, 2.45) is 5.73 Å². The van der Waals surface area contributed by atoms with Crippen molar-refractivity contribution < 1.29 is 9.53 Å². The molecule has 0 aliphatic rings. The van der Waals surface area contributed by atoms with Crippen LogP contribution >= 0.6 is 12.2 Å². The van der Waals surface area contributed by atoms with Gasteiger partial charge in [0.05, 0.1) is 0 Å². The van der Waals surface area contributed by atoms with Crippen LogP contribution in [0.4, 0.5) is 0 Å². The Morgan fingerprint density at radius 3 is 2.82 bits per heavy atom. The number of amides is 1. The maximum atomic E-state index is 11.5. The van der Waals surface area contributed by atoms with Gasteiger partial charge in [-0.05, 0) is 19.1 Å². The molecule has 0 aromatic heterocycles. The third-order valence-corrected chi connectivity index (χ3v) is 2.62. The fourth-order valence-corrected chi connectivity index (χ4v) is 1.30. The Morgan fingerprint density at radius 1 is 1.53 bits per heavy atom. The second-order valence-corrected chi connectivity index (χ2v) is 4.03. The highest BCUT2D eigenvalue weighted by Crippen LogP contribution is 2.13. The minimum atomic E-state index is -0.0618. The Hall–Kier alpha value is -1.62. The predicted octanol–water partition coefficient (Wildman–Crippen LogP) is 1.18. The van der Waals surface area contributed by atoms with E-state index in [0.717, 1.165) is 5.56 Å². The number of rotatable bonds is 5. The first kappa shape index (κ1) is 13.4. The lowest BCUT2D eigenvalue weighted by atomic mass is 10.2. The lowest BCUT2D eigenvalue weighted by Crippen LogP contribution is -2.31. The number of hydrogen-bond donors (Lipinski definition) is 1. The molecule has 5 heteroatoms. The van der Waals surface area contributed by atoms with Gasteiger partial charge in [-0.3, -0.25) is 4.79 Å². The van der Waals surface area contributed by atoms with Crippen LogP contribution in [0.3, 0.4) is 0 Å². The van der Waals surface area contributed by atoms with Gasteiger partial charge in [0.1, 0.15) is 10.7 Å². The molecule has 1 rings (SSSR count). The summed E-state index contributed by atoms with van der Waals surface area (Å²) in [5.41, 5.74) is 6.24. The van der Waals surface area contributed by atoms with Crippen LogP contribution in [0.5, 0.6) is 5.75 Å². The first-order chi connectivity index (χ1) is 8.04. The summed E-state index contributed by atoms with van der Waals surface area (Å²) >= 11 is 4.86. The molecule has 0 spiro atoms. The van der Waals surface area contributed by atoms with Crippen molar-refractivity contribution in [2.45, 2.75) is 6.92 Å². The molecule has 1 aromatic carbocycles. The number of benzene rings is 1. The Morgan fingerprint density at radius 2 is 2.24 bits per heavy atom. The highest BCUT2D eigenvalue weighted by Gasteiger charge is 2.07. The highest BCUT2D eigenvalue weighted by atomic mass is 32.1. The van der Waals surface area contributed by atoms with Crippen LogP contribution in [0.1, 0.15) is 12.5 Å². The van der Waals surface area contributed by atoms with Crippen molar-refractivity contribution in [3.05, 3.63) is 29.8 Å². The number of carbonyl (C=O) groups is 1. The molecule has 0 saturated heterocycles. The van der Waals surface area contributed by atoms with E-state index in [2.05, 4.69) is 0 Å².